The number of ketones is 1. The van der Waals surface area contributed by atoms with E-state index in [9.17, 15) is 14.7 Å². The van der Waals surface area contributed by atoms with Crippen LogP contribution in [0.15, 0.2) is 77.0 Å². The van der Waals surface area contributed by atoms with Gasteiger partial charge in [0, 0.05) is 11.8 Å². The molecule has 1 unspecified atom stereocenters. The molecule has 1 aliphatic rings. The smallest absolute Gasteiger partial charge is 0.296 e. The number of carbonyl (C=O) groups is 2. The first-order valence-corrected chi connectivity index (χ1v) is 10.4. The Morgan fingerprint density at radius 1 is 1.16 bits per heavy atom. The van der Waals surface area contributed by atoms with Crippen molar-refractivity contribution in [3.05, 3.63) is 89.6 Å². The maximum absolute atomic E-state index is 13.0. The summed E-state index contributed by atoms with van der Waals surface area (Å²) in [7, 11) is 0. The zero-order valence-corrected chi connectivity index (χ0v) is 17.9. The van der Waals surface area contributed by atoms with Crippen molar-refractivity contribution in [2.75, 3.05) is 6.61 Å². The highest BCUT2D eigenvalue weighted by atomic mass is 16.5. The fourth-order valence-corrected chi connectivity index (χ4v) is 3.61. The van der Waals surface area contributed by atoms with Crippen LogP contribution < -0.4 is 4.74 Å². The number of amides is 1. The average molecular weight is 432 g/mol. The lowest BCUT2D eigenvalue weighted by molar-refractivity contribution is -0.140. The second-order valence-corrected chi connectivity index (χ2v) is 7.99. The van der Waals surface area contributed by atoms with E-state index >= 15 is 0 Å². The van der Waals surface area contributed by atoms with Crippen molar-refractivity contribution in [2.45, 2.75) is 26.4 Å². The van der Waals surface area contributed by atoms with Crippen molar-refractivity contribution in [1.82, 2.24) is 9.88 Å². The molecule has 0 saturated carbocycles. The Balaban J connectivity index is 1.78. The monoisotopic (exact) mass is 432 g/mol. The van der Waals surface area contributed by atoms with Gasteiger partial charge in [0.2, 0.25) is 0 Å². The molecule has 0 spiro atoms. The molecule has 0 bridgehead atoms. The summed E-state index contributed by atoms with van der Waals surface area (Å²) in [6, 6.07) is 14.7. The number of aliphatic hydroxyl groups is 1. The molecule has 0 aliphatic carbocycles. The maximum Gasteiger partial charge on any atom is 0.296 e. The number of aliphatic hydroxyl groups excluding tert-OH is 1. The fraction of sp³-hybridized carbons (Fsp3) is 0.240. The van der Waals surface area contributed by atoms with Crippen LogP contribution in [0.1, 0.15) is 36.9 Å². The van der Waals surface area contributed by atoms with Crippen molar-refractivity contribution >= 4 is 17.4 Å². The molecule has 0 radical (unpaired) electrons. The minimum Gasteiger partial charge on any atom is -0.507 e. The standard InChI is InChI=1S/C25H24N2O5/c1-16(2)15-32-18-8-5-7-17(13-18)23(28)21-22(20-10-3-4-11-26-20)27(25(30)24(21)29)14-19-9-6-12-31-19/h3-13,16,22,28H,14-15H2,1-2H3/b23-21-. The predicted molar refractivity (Wildman–Crippen MR) is 118 cm³/mol. The van der Waals surface area contributed by atoms with E-state index < -0.39 is 17.7 Å². The van der Waals surface area contributed by atoms with Crippen molar-refractivity contribution in [2.24, 2.45) is 5.92 Å². The van der Waals surface area contributed by atoms with Gasteiger partial charge in [-0.3, -0.25) is 14.6 Å². The van der Waals surface area contributed by atoms with Crippen LogP contribution in [0.25, 0.3) is 5.76 Å². The highest BCUT2D eigenvalue weighted by Crippen LogP contribution is 2.39. The Bertz CT molecular complexity index is 1140. The second-order valence-electron chi connectivity index (χ2n) is 7.99. The van der Waals surface area contributed by atoms with Gasteiger partial charge >= 0.3 is 0 Å². The molecule has 1 aromatic carbocycles. The summed E-state index contributed by atoms with van der Waals surface area (Å²) < 4.78 is 11.1. The molecule has 1 saturated heterocycles. The number of carbonyl (C=O) groups excluding carboxylic acids is 2. The lowest BCUT2D eigenvalue weighted by Crippen LogP contribution is -2.29. The number of benzene rings is 1. The Kier molecular flexibility index (Phi) is 6.07. The van der Waals surface area contributed by atoms with Crippen LogP contribution in [0, 0.1) is 5.92 Å². The molecule has 3 aromatic rings. The van der Waals surface area contributed by atoms with Gasteiger partial charge < -0.3 is 19.2 Å². The minimum absolute atomic E-state index is 0.0127. The summed E-state index contributed by atoms with van der Waals surface area (Å²) in [5.74, 6) is -0.317. The Morgan fingerprint density at radius 2 is 2.00 bits per heavy atom. The van der Waals surface area contributed by atoms with E-state index in [1.54, 1.807) is 60.8 Å². The van der Waals surface area contributed by atoms with Crippen molar-refractivity contribution in [3.8, 4) is 5.75 Å². The highest BCUT2D eigenvalue weighted by molar-refractivity contribution is 6.46. The van der Waals surface area contributed by atoms with Crippen LogP contribution in [-0.4, -0.2) is 33.3 Å². The number of aromatic nitrogens is 1. The third-order valence-electron chi connectivity index (χ3n) is 5.10. The van der Waals surface area contributed by atoms with Crippen molar-refractivity contribution < 1.29 is 23.8 Å². The van der Waals surface area contributed by atoms with E-state index in [-0.39, 0.29) is 17.9 Å². The van der Waals surface area contributed by atoms with Gasteiger partial charge in [0.25, 0.3) is 11.7 Å². The molecule has 1 aliphatic heterocycles. The van der Waals surface area contributed by atoms with Crippen LogP contribution in [-0.2, 0) is 16.1 Å². The molecule has 7 heteroatoms. The lowest BCUT2D eigenvalue weighted by atomic mass is 9.98. The van der Waals surface area contributed by atoms with E-state index in [2.05, 4.69) is 4.98 Å². The number of rotatable bonds is 7. The van der Waals surface area contributed by atoms with Gasteiger partial charge in [-0.1, -0.05) is 32.0 Å². The third-order valence-corrected chi connectivity index (χ3v) is 5.10. The maximum atomic E-state index is 13.0. The van der Waals surface area contributed by atoms with Crippen molar-refractivity contribution in [1.29, 1.82) is 0 Å². The van der Waals surface area contributed by atoms with E-state index in [0.717, 1.165) is 0 Å². The molecule has 4 rings (SSSR count). The molecular weight excluding hydrogens is 408 g/mol. The first-order chi connectivity index (χ1) is 15.5. The summed E-state index contributed by atoms with van der Waals surface area (Å²) in [4.78, 5) is 31.7. The summed E-state index contributed by atoms with van der Waals surface area (Å²) >= 11 is 0. The first kappa shape index (κ1) is 21.4. The van der Waals surface area contributed by atoms with E-state index in [4.69, 9.17) is 9.15 Å². The van der Waals surface area contributed by atoms with Crippen LogP contribution >= 0.6 is 0 Å². The summed E-state index contributed by atoms with van der Waals surface area (Å²) in [5, 5.41) is 11.2. The highest BCUT2D eigenvalue weighted by Gasteiger charge is 2.47. The number of pyridine rings is 1. The van der Waals surface area contributed by atoms with Gasteiger partial charge in [-0.05, 0) is 42.3 Å². The summed E-state index contributed by atoms with van der Waals surface area (Å²) in [6.45, 7) is 4.67. The quantitative estimate of drug-likeness (QED) is 0.339. The summed E-state index contributed by atoms with van der Waals surface area (Å²) in [6.07, 6.45) is 3.09. The number of hydrogen-bond donors (Lipinski definition) is 1. The SMILES string of the molecule is CC(C)COc1cccc(/C(O)=C2/C(=O)C(=O)N(Cc3ccco3)C2c2ccccn2)c1. The normalized spacial score (nSPS) is 17.8. The molecule has 7 nitrogen and oxygen atoms in total. The second kappa shape index (κ2) is 9.09. The van der Waals surface area contributed by atoms with Crippen LogP contribution in [0.4, 0.5) is 0 Å². The van der Waals surface area contributed by atoms with Gasteiger partial charge in [-0.25, -0.2) is 0 Å². The average Bonchev–Trinajstić information content (AvgIpc) is 3.40. The number of likely N-dealkylation sites (tertiary alicyclic amines) is 1. The number of hydrogen-bond acceptors (Lipinski definition) is 6. The van der Waals surface area contributed by atoms with Gasteiger partial charge in [0.05, 0.1) is 30.7 Å². The molecular formula is C25H24N2O5. The van der Waals surface area contributed by atoms with Gasteiger partial charge in [-0.15, -0.1) is 0 Å². The van der Waals surface area contributed by atoms with E-state index in [0.29, 0.717) is 35.3 Å². The Labute approximate surface area is 186 Å². The topological polar surface area (TPSA) is 92.9 Å². The Hall–Kier alpha value is -3.87. The molecule has 1 atom stereocenters. The number of furan rings is 1. The van der Waals surface area contributed by atoms with Crippen LogP contribution in [0.2, 0.25) is 0 Å². The van der Waals surface area contributed by atoms with Crippen molar-refractivity contribution in [3.63, 3.8) is 0 Å². The molecule has 3 heterocycles. The van der Waals surface area contributed by atoms with E-state index in [1.807, 2.05) is 13.8 Å². The number of nitrogens with zero attached hydrogens (tertiary/aromatic N) is 2. The Morgan fingerprint density at radius 3 is 2.69 bits per heavy atom. The zero-order chi connectivity index (χ0) is 22.7. The molecule has 164 valence electrons. The third kappa shape index (κ3) is 4.27. The van der Waals surface area contributed by atoms with E-state index in [1.165, 1.54) is 11.2 Å². The molecule has 1 N–H and O–H groups in total. The van der Waals surface area contributed by atoms with Gasteiger partial charge in [-0.2, -0.15) is 0 Å². The molecule has 2 aromatic heterocycles. The van der Waals surface area contributed by atoms with Crippen LogP contribution in [0.3, 0.4) is 0 Å². The molecule has 32 heavy (non-hydrogen) atoms. The fourth-order valence-electron chi connectivity index (χ4n) is 3.61. The zero-order valence-electron chi connectivity index (χ0n) is 17.9. The predicted octanol–water partition coefficient (Wildman–Crippen LogP) is 4.33. The van der Waals surface area contributed by atoms with Crippen LogP contribution in [0.5, 0.6) is 5.75 Å². The van der Waals surface area contributed by atoms with Gasteiger partial charge in [0.1, 0.15) is 23.3 Å². The number of ether oxygens (including phenoxy) is 1. The van der Waals surface area contributed by atoms with Gasteiger partial charge in [0.15, 0.2) is 0 Å². The largest absolute Gasteiger partial charge is 0.507 e. The first-order valence-electron chi connectivity index (χ1n) is 10.4. The number of Topliss-reactive ketones (excluding diaryl/α,β-unsaturated/α-hetero) is 1. The lowest BCUT2D eigenvalue weighted by Gasteiger charge is -2.23. The molecule has 1 amide bonds. The molecule has 1 fully saturated rings. The summed E-state index contributed by atoms with van der Waals surface area (Å²) in [5.41, 5.74) is 0.858. The minimum atomic E-state index is -0.846.